The van der Waals surface area contributed by atoms with Crippen molar-refractivity contribution in [1.29, 1.82) is 0 Å². The molecule has 1 heterocycles. The zero-order chi connectivity index (χ0) is 14.7. The number of hydrogen-bond acceptors (Lipinski definition) is 2. The van der Waals surface area contributed by atoms with Gasteiger partial charge in [-0.3, -0.25) is 0 Å². The number of aromatic amines is 1. The quantitative estimate of drug-likeness (QED) is 0.704. The van der Waals surface area contributed by atoms with Crippen LogP contribution in [0.15, 0.2) is 53.1 Å². The first-order valence-electron chi connectivity index (χ1n) is 6.84. The van der Waals surface area contributed by atoms with Crippen LogP contribution in [0.1, 0.15) is 11.1 Å². The summed E-state index contributed by atoms with van der Waals surface area (Å²) in [6.45, 7) is 1.37. The van der Waals surface area contributed by atoms with Crippen molar-refractivity contribution in [1.82, 2.24) is 4.98 Å². The summed E-state index contributed by atoms with van der Waals surface area (Å²) >= 11 is 3.58. The number of ether oxygens (including phenoxy) is 1. The molecular weight excluding hydrogens is 328 g/mol. The van der Waals surface area contributed by atoms with Gasteiger partial charge < -0.3 is 15.0 Å². The molecule has 108 valence electrons. The van der Waals surface area contributed by atoms with E-state index in [0.717, 1.165) is 22.3 Å². The van der Waals surface area contributed by atoms with Crippen LogP contribution in [0, 0.1) is 0 Å². The molecule has 0 spiro atoms. The normalized spacial score (nSPS) is 11.0. The summed E-state index contributed by atoms with van der Waals surface area (Å²) in [7, 11) is 1.71. The van der Waals surface area contributed by atoms with Crippen molar-refractivity contribution in [3.63, 3.8) is 0 Å². The van der Waals surface area contributed by atoms with Gasteiger partial charge in [-0.15, -0.1) is 0 Å². The number of halogens is 1. The molecule has 0 amide bonds. The Labute approximate surface area is 132 Å². The SMILES string of the molecule is COCc1c(Br)cccc1NCc1ccc2[nH]ccc2c1. The van der Waals surface area contributed by atoms with Crippen molar-refractivity contribution in [3.8, 4) is 0 Å². The second-order valence-electron chi connectivity index (χ2n) is 4.95. The summed E-state index contributed by atoms with van der Waals surface area (Å²) in [6.07, 6.45) is 1.97. The third kappa shape index (κ3) is 3.12. The first kappa shape index (κ1) is 14.2. The zero-order valence-electron chi connectivity index (χ0n) is 11.8. The lowest BCUT2D eigenvalue weighted by Crippen LogP contribution is -2.03. The van der Waals surface area contributed by atoms with Gasteiger partial charge in [-0.25, -0.2) is 0 Å². The Bertz CT molecular complexity index is 751. The Hall–Kier alpha value is -1.78. The average molecular weight is 345 g/mol. The summed E-state index contributed by atoms with van der Waals surface area (Å²) in [5.41, 5.74) is 4.66. The second kappa shape index (κ2) is 6.33. The standard InChI is InChI=1S/C17H17BrN2O/c1-21-11-14-15(18)3-2-4-17(14)20-10-12-5-6-16-13(9-12)7-8-19-16/h2-9,19-20H,10-11H2,1H3. The Balaban J connectivity index is 1.79. The van der Waals surface area contributed by atoms with E-state index in [1.807, 2.05) is 18.3 Å². The Kier molecular flexibility index (Phi) is 4.27. The van der Waals surface area contributed by atoms with Gasteiger partial charge in [-0.05, 0) is 41.3 Å². The van der Waals surface area contributed by atoms with Gasteiger partial charge in [-0.2, -0.15) is 0 Å². The number of aromatic nitrogens is 1. The molecule has 0 saturated carbocycles. The molecule has 0 aliphatic carbocycles. The molecule has 0 bridgehead atoms. The molecule has 0 aliphatic heterocycles. The molecule has 0 aliphatic rings. The number of methoxy groups -OCH3 is 1. The molecule has 0 atom stereocenters. The molecule has 0 fully saturated rings. The van der Waals surface area contributed by atoms with E-state index in [1.54, 1.807) is 7.11 Å². The molecule has 3 aromatic rings. The van der Waals surface area contributed by atoms with Crippen LogP contribution in [-0.4, -0.2) is 12.1 Å². The highest BCUT2D eigenvalue weighted by atomic mass is 79.9. The van der Waals surface area contributed by atoms with E-state index in [1.165, 1.54) is 16.5 Å². The van der Waals surface area contributed by atoms with Gasteiger partial charge in [0.15, 0.2) is 0 Å². The van der Waals surface area contributed by atoms with E-state index in [-0.39, 0.29) is 0 Å². The third-order valence-corrected chi connectivity index (χ3v) is 4.25. The number of rotatable bonds is 5. The second-order valence-corrected chi connectivity index (χ2v) is 5.81. The van der Waals surface area contributed by atoms with Crippen LogP contribution in [0.2, 0.25) is 0 Å². The van der Waals surface area contributed by atoms with Crippen LogP contribution >= 0.6 is 15.9 Å². The fourth-order valence-electron chi connectivity index (χ4n) is 2.43. The van der Waals surface area contributed by atoms with Crippen LogP contribution in [0.4, 0.5) is 5.69 Å². The largest absolute Gasteiger partial charge is 0.381 e. The molecule has 0 saturated heterocycles. The lowest BCUT2D eigenvalue weighted by atomic mass is 10.1. The molecule has 1 aromatic heterocycles. The average Bonchev–Trinajstić information content (AvgIpc) is 2.95. The van der Waals surface area contributed by atoms with E-state index >= 15 is 0 Å². The first-order valence-corrected chi connectivity index (χ1v) is 7.63. The zero-order valence-corrected chi connectivity index (χ0v) is 13.4. The van der Waals surface area contributed by atoms with E-state index < -0.39 is 0 Å². The minimum atomic E-state index is 0.584. The molecule has 21 heavy (non-hydrogen) atoms. The van der Waals surface area contributed by atoms with Crippen molar-refractivity contribution >= 4 is 32.5 Å². The topological polar surface area (TPSA) is 37.0 Å². The molecule has 0 radical (unpaired) electrons. The van der Waals surface area contributed by atoms with Gasteiger partial charge in [0.25, 0.3) is 0 Å². The highest BCUT2D eigenvalue weighted by Gasteiger charge is 2.06. The fourth-order valence-corrected chi connectivity index (χ4v) is 2.91. The minimum absolute atomic E-state index is 0.584. The minimum Gasteiger partial charge on any atom is -0.381 e. The van der Waals surface area contributed by atoms with Gasteiger partial charge in [-0.1, -0.05) is 28.1 Å². The number of nitrogens with one attached hydrogen (secondary N) is 2. The van der Waals surface area contributed by atoms with E-state index in [2.05, 4.69) is 56.6 Å². The number of benzene rings is 2. The highest BCUT2D eigenvalue weighted by molar-refractivity contribution is 9.10. The fraction of sp³-hybridized carbons (Fsp3) is 0.176. The maximum Gasteiger partial charge on any atom is 0.0744 e. The van der Waals surface area contributed by atoms with Gasteiger partial charge in [0.1, 0.15) is 0 Å². The summed E-state index contributed by atoms with van der Waals surface area (Å²) < 4.78 is 6.34. The van der Waals surface area contributed by atoms with Gasteiger partial charge in [0, 0.05) is 41.1 Å². The maximum absolute atomic E-state index is 5.27. The van der Waals surface area contributed by atoms with Gasteiger partial charge in [0.05, 0.1) is 6.61 Å². The summed E-state index contributed by atoms with van der Waals surface area (Å²) in [6, 6.07) is 14.7. The smallest absolute Gasteiger partial charge is 0.0744 e. The highest BCUT2D eigenvalue weighted by Crippen LogP contribution is 2.26. The van der Waals surface area contributed by atoms with E-state index in [4.69, 9.17) is 4.74 Å². The predicted octanol–water partition coefficient (Wildman–Crippen LogP) is 4.69. The lowest BCUT2D eigenvalue weighted by molar-refractivity contribution is 0.185. The maximum atomic E-state index is 5.27. The summed E-state index contributed by atoms with van der Waals surface area (Å²) in [4.78, 5) is 3.21. The Morgan fingerprint density at radius 3 is 2.95 bits per heavy atom. The Morgan fingerprint density at radius 1 is 1.19 bits per heavy atom. The molecule has 4 heteroatoms. The first-order chi connectivity index (χ1) is 10.3. The Morgan fingerprint density at radius 2 is 2.10 bits per heavy atom. The van der Waals surface area contributed by atoms with Crippen LogP contribution in [0.25, 0.3) is 10.9 Å². The van der Waals surface area contributed by atoms with Crippen molar-refractivity contribution in [3.05, 3.63) is 64.3 Å². The third-order valence-electron chi connectivity index (χ3n) is 3.51. The lowest BCUT2D eigenvalue weighted by Gasteiger charge is -2.13. The molecule has 3 rings (SSSR count). The predicted molar refractivity (Wildman–Crippen MR) is 90.5 cm³/mol. The number of anilines is 1. The van der Waals surface area contributed by atoms with Crippen molar-refractivity contribution in [2.45, 2.75) is 13.2 Å². The van der Waals surface area contributed by atoms with Crippen LogP contribution < -0.4 is 5.32 Å². The molecule has 2 N–H and O–H groups in total. The molecule has 2 aromatic carbocycles. The molecule has 3 nitrogen and oxygen atoms in total. The van der Waals surface area contributed by atoms with E-state index in [9.17, 15) is 0 Å². The number of fused-ring (bicyclic) bond motifs is 1. The van der Waals surface area contributed by atoms with E-state index in [0.29, 0.717) is 6.61 Å². The van der Waals surface area contributed by atoms with Crippen LogP contribution in [0.5, 0.6) is 0 Å². The van der Waals surface area contributed by atoms with Crippen LogP contribution in [-0.2, 0) is 17.9 Å². The van der Waals surface area contributed by atoms with Crippen LogP contribution in [0.3, 0.4) is 0 Å². The van der Waals surface area contributed by atoms with Crippen molar-refractivity contribution in [2.24, 2.45) is 0 Å². The number of hydrogen-bond donors (Lipinski definition) is 2. The van der Waals surface area contributed by atoms with Gasteiger partial charge >= 0.3 is 0 Å². The molecule has 0 unspecified atom stereocenters. The summed E-state index contributed by atoms with van der Waals surface area (Å²) in [5.74, 6) is 0. The van der Waals surface area contributed by atoms with Gasteiger partial charge in [0.2, 0.25) is 0 Å². The summed E-state index contributed by atoms with van der Waals surface area (Å²) in [5, 5.41) is 4.73. The monoisotopic (exact) mass is 344 g/mol. The van der Waals surface area contributed by atoms with Crippen molar-refractivity contribution < 1.29 is 4.74 Å². The number of H-pyrrole nitrogens is 1. The van der Waals surface area contributed by atoms with Crippen molar-refractivity contribution in [2.75, 3.05) is 12.4 Å². The molecular formula is C17H17BrN2O.